The number of benzene rings is 1. The fraction of sp³-hybridized carbons (Fsp3) is 0.182. The van der Waals surface area contributed by atoms with Crippen LogP contribution < -0.4 is 0 Å². The van der Waals surface area contributed by atoms with Crippen LogP contribution in [0.3, 0.4) is 0 Å². The number of nitrogens with zero attached hydrogens (tertiary/aromatic N) is 2. The molecule has 0 unspecified atom stereocenters. The first-order valence-electron chi connectivity index (χ1n) is 4.54. The molecule has 0 saturated carbocycles. The molecule has 1 heterocycles. The molecule has 2 rings (SSSR count). The normalized spacial score (nSPS) is 10.4. The summed E-state index contributed by atoms with van der Waals surface area (Å²) in [4.78, 5) is 3.99. The fourth-order valence-corrected chi connectivity index (χ4v) is 1.40. The van der Waals surface area contributed by atoms with Crippen LogP contribution in [0.15, 0.2) is 42.9 Å². The molecule has 1 N–H and O–H groups in total. The van der Waals surface area contributed by atoms with Crippen LogP contribution in [0.5, 0.6) is 0 Å². The summed E-state index contributed by atoms with van der Waals surface area (Å²) >= 11 is 0. The van der Waals surface area contributed by atoms with Crippen molar-refractivity contribution in [3.8, 4) is 0 Å². The molecule has 0 saturated heterocycles. The van der Waals surface area contributed by atoms with Crippen molar-refractivity contribution in [2.75, 3.05) is 0 Å². The van der Waals surface area contributed by atoms with Crippen molar-refractivity contribution >= 4 is 0 Å². The molecular weight excluding hydrogens is 176 g/mol. The van der Waals surface area contributed by atoms with Gasteiger partial charge in [0.15, 0.2) is 0 Å². The summed E-state index contributed by atoms with van der Waals surface area (Å²) in [5.74, 6) is 0. The number of hydrogen-bond donors (Lipinski definition) is 1. The molecule has 0 bridgehead atoms. The lowest BCUT2D eigenvalue weighted by molar-refractivity contribution is 0.271. The Labute approximate surface area is 82.7 Å². The number of hydrogen-bond acceptors (Lipinski definition) is 2. The van der Waals surface area contributed by atoms with Gasteiger partial charge in [0.25, 0.3) is 0 Å². The molecule has 3 heteroatoms. The van der Waals surface area contributed by atoms with E-state index in [1.54, 1.807) is 12.5 Å². The van der Waals surface area contributed by atoms with Gasteiger partial charge in [0.2, 0.25) is 0 Å². The smallest absolute Gasteiger partial charge is 0.0952 e. The molecule has 0 atom stereocenters. The van der Waals surface area contributed by atoms with E-state index in [2.05, 4.69) is 17.1 Å². The first-order chi connectivity index (χ1) is 6.90. The lowest BCUT2D eigenvalue weighted by atomic mass is 10.2. The van der Waals surface area contributed by atoms with Crippen molar-refractivity contribution in [1.29, 1.82) is 0 Å². The van der Waals surface area contributed by atoms with Gasteiger partial charge in [-0.3, -0.25) is 0 Å². The van der Waals surface area contributed by atoms with Gasteiger partial charge in [-0.15, -0.1) is 0 Å². The molecule has 1 aromatic carbocycles. The van der Waals surface area contributed by atoms with Gasteiger partial charge in [0.1, 0.15) is 0 Å². The number of rotatable bonds is 3. The van der Waals surface area contributed by atoms with Crippen molar-refractivity contribution in [2.45, 2.75) is 13.2 Å². The molecule has 3 nitrogen and oxygen atoms in total. The average molecular weight is 188 g/mol. The van der Waals surface area contributed by atoms with E-state index in [4.69, 9.17) is 5.11 Å². The number of aliphatic hydroxyl groups excluding tert-OH is 1. The van der Waals surface area contributed by atoms with E-state index in [-0.39, 0.29) is 6.61 Å². The van der Waals surface area contributed by atoms with E-state index in [1.165, 1.54) is 5.56 Å². The first kappa shape index (κ1) is 8.97. The minimum absolute atomic E-state index is 0.0346. The lowest BCUT2D eigenvalue weighted by Gasteiger charge is -2.05. The molecule has 1 aromatic heterocycles. The maximum Gasteiger partial charge on any atom is 0.0952 e. The van der Waals surface area contributed by atoms with Gasteiger partial charge in [-0.05, 0) is 5.56 Å². The highest BCUT2D eigenvalue weighted by atomic mass is 16.3. The summed E-state index contributed by atoms with van der Waals surface area (Å²) in [6, 6.07) is 10.1. The van der Waals surface area contributed by atoms with Crippen LogP contribution in [0, 0.1) is 0 Å². The zero-order valence-corrected chi connectivity index (χ0v) is 7.80. The van der Waals surface area contributed by atoms with Crippen LogP contribution in [-0.4, -0.2) is 14.7 Å². The monoisotopic (exact) mass is 188 g/mol. The third-order valence-corrected chi connectivity index (χ3v) is 2.16. The maximum atomic E-state index is 9.02. The molecule has 0 aliphatic carbocycles. The molecule has 0 aliphatic rings. The largest absolute Gasteiger partial charge is 0.390 e. The first-order valence-corrected chi connectivity index (χ1v) is 4.54. The van der Waals surface area contributed by atoms with E-state index in [9.17, 15) is 0 Å². The van der Waals surface area contributed by atoms with E-state index in [1.807, 2.05) is 22.8 Å². The SMILES string of the molecule is OCc1cncn1Cc1ccccc1. The van der Waals surface area contributed by atoms with Crippen molar-refractivity contribution in [3.05, 3.63) is 54.1 Å². The Morgan fingerprint density at radius 2 is 2.00 bits per heavy atom. The summed E-state index contributed by atoms with van der Waals surface area (Å²) in [5.41, 5.74) is 2.05. The molecule has 2 aromatic rings. The molecule has 0 radical (unpaired) electrons. The molecule has 0 spiro atoms. The zero-order chi connectivity index (χ0) is 9.80. The minimum atomic E-state index is 0.0346. The van der Waals surface area contributed by atoms with Crippen LogP contribution in [0.1, 0.15) is 11.3 Å². The Kier molecular flexibility index (Phi) is 2.60. The van der Waals surface area contributed by atoms with Gasteiger partial charge >= 0.3 is 0 Å². The predicted octanol–water partition coefficient (Wildman–Crippen LogP) is 1.42. The molecular formula is C11H12N2O. The third-order valence-electron chi connectivity index (χ3n) is 2.16. The van der Waals surface area contributed by atoms with E-state index in [0.29, 0.717) is 0 Å². The van der Waals surface area contributed by atoms with Gasteiger partial charge in [-0.25, -0.2) is 4.98 Å². The van der Waals surface area contributed by atoms with Crippen LogP contribution >= 0.6 is 0 Å². The second kappa shape index (κ2) is 4.07. The predicted molar refractivity (Wildman–Crippen MR) is 53.7 cm³/mol. The highest BCUT2D eigenvalue weighted by molar-refractivity contribution is 5.16. The van der Waals surface area contributed by atoms with Gasteiger partial charge in [0, 0.05) is 6.54 Å². The van der Waals surface area contributed by atoms with Gasteiger partial charge in [-0.2, -0.15) is 0 Å². The van der Waals surface area contributed by atoms with E-state index < -0.39 is 0 Å². The fourth-order valence-electron chi connectivity index (χ4n) is 1.40. The second-order valence-electron chi connectivity index (χ2n) is 3.16. The van der Waals surface area contributed by atoms with Crippen LogP contribution in [0.2, 0.25) is 0 Å². The van der Waals surface area contributed by atoms with Crippen LogP contribution in [0.4, 0.5) is 0 Å². The summed E-state index contributed by atoms with van der Waals surface area (Å²) in [6.45, 7) is 0.795. The Morgan fingerprint density at radius 1 is 1.21 bits per heavy atom. The zero-order valence-electron chi connectivity index (χ0n) is 7.80. The maximum absolute atomic E-state index is 9.02. The second-order valence-corrected chi connectivity index (χ2v) is 3.16. The van der Waals surface area contributed by atoms with Gasteiger partial charge in [0.05, 0.1) is 24.8 Å². The summed E-state index contributed by atoms with van der Waals surface area (Å²) < 4.78 is 1.94. The molecule has 0 fully saturated rings. The lowest BCUT2D eigenvalue weighted by Crippen LogP contribution is -2.02. The minimum Gasteiger partial charge on any atom is -0.390 e. The Morgan fingerprint density at radius 3 is 2.71 bits per heavy atom. The summed E-state index contributed by atoms with van der Waals surface area (Å²) in [7, 11) is 0. The molecule has 0 amide bonds. The number of aliphatic hydroxyl groups is 1. The topological polar surface area (TPSA) is 38.1 Å². The van der Waals surface area contributed by atoms with E-state index >= 15 is 0 Å². The number of aromatic nitrogens is 2. The van der Waals surface area contributed by atoms with Gasteiger partial charge in [-0.1, -0.05) is 30.3 Å². The number of imidazole rings is 1. The Balaban J connectivity index is 2.19. The Bertz CT molecular complexity index is 395. The average Bonchev–Trinajstić information content (AvgIpc) is 2.67. The Hall–Kier alpha value is -1.61. The third kappa shape index (κ3) is 1.83. The molecule has 0 aliphatic heterocycles. The van der Waals surface area contributed by atoms with E-state index in [0.717, 1.165) is 12.2 Å². The van der Waals surface area contributed by atoms with Crippen molar-refractivity contribution in [2.24, 2.45) is 0 Å². The highest BCUT2D eigenvalue weighted by Crippen LogP contribution is 2.05. The molecule has 14 heavy (non-hydrogen) atoms. The van der Waals surface area contributed by atoms with Crippen molar-refractivity contribution in [1.82, 2.24) is 9.55 Å². The van der Waals surface area contributed by atoms with Crippen molar-refractivity contribution < 1.29 is 5.11 Å². The summed E-state index contributed by atoms with van der Waals surface area (Å²) in [6.07, 6.45) is 3.42. The van der Waals surface area contributed by atoms with Crippen molar-refractivity contribution in [3.63, 3.8) is 0 Å². The standard InChI is InChI=1S/C11H12N2O/c14-8-11-6-12-9-13(11)7-10-4-2-1-3-5-10/h1-6,9,14H,7-8H2. The van der Waals surface area contributed by atoms with Gasteiger partial charge < -0.3 is 9.67 Å². The quantitative estimate of drug-likeness (QED) is 0.791. The van der Waals surface area contributed by atoms with Crippen LogP contribution in [-0.2, 0) is 13.2 Å². The molecule has 72 valence electrons. The van der Waals surface area contributed by atoms with Crippen LogP contribution in [0.25, 0.3) is 0 Å². The highest BCUT2D eigenvalue weighted by Gasteiger charge is 2.00. The summed E-state index contributed by atoms with van der Waals surface area (Å²) in [5, 5.41) is 9.02.